The van der Waals surface area contributed by atoms with Crippen LogP contribution in [0.1, 0.15) is 16.8 Å². The van der Waals surface area contributed by atoms with Crippen LogP contribution in [0.15, 0.2) is 54.6 Å². The Morgan fingerprint density at radius 1 is 0.969 bits per heavy atom. The zero-order chi connectivity index (χ0) is 22.5. The smallest absolute Gasteiger partial charge is 0.255 e. The summed E-state index contributed by atoms with van der Waals surface area (Å²) in [5.74, 6) is -0.309. The fourth-order valence-corrected chi connectivity index (χ4v) is 4.82. The average Bonchev–Trinajstić information content (AvgIpc) is 3.22. The summed E-state index contributed by atoms with van der Waals surface area (Å²) in [5.41, 5.74) is 1.59. The predicted molar refractivity (Wildman–Crippen MR) is 131 cm³/mol. The van der Waals surface area contributed by atoms with Crippen molar-refractivity contribution in [3.8, 4) is 0 Å². The predicted octanol–water partition coefficient (Wildman–Crippen LogP) is 2.22. The number of halogens is 1. The zero-order valence-corrected chi connectivity index (χ0v) is 20.0. The number of hydrogen-bond acceptors (Lipinski definition) is 4. The molecule has 0 saturated carbocycles. The normalized spacial score (nSPS) is 19.3. The van der Waals surface area contributed by atoms with E-state index < -0.39 is 0 Å². The minimum Gasteiger partial charge on any atom is -0.355 e. The van der Waals surface area contributed by atoms with Crippen molar-refractivity contribution < 1.29 is 14.4 Å². The van der Waals surface area contributed by atoms with Crippen LogP contribution >= 0.6 is 22.6 Å². The lowest BCUT2D eigenvalue weighted by molar-refractivity contribution is -0.126. The number of anilines is 1. The summed E-state index contributed by atoms with van der Waals surface area (Å²) in [6, 6.07) is 17.1. The molecule has 2 aromatic rings. The van der Waals surface area contributed by atoms with E-state index in [1.165, 1.54) is 0 Å². The lowest BCUT2D eigenvalue weighted by Crippen LogP contribution is -2.50. The molecule has 2 fully saturated rings. The standard InChI is InChI=1S/C24H27IN4O3/c25-21-9-5-4-8-20(21)24(32)28-14-12-27(13-15-28)11-10-26-23(31)18-16-22(30)29(17-18)19-6-2-1-3-7-19/h1-9,18H,10-17H2,(H,26,31). The molecule has 0 aromatic heterocycles. The van der Waals surface area contributed by atoms with Crippen LogP contribution in [0, 0.1) is 9.49 Å². The molecule has 0 bridgehead atoms. The molecular formula is C24H27IN4O3. The number of carbonyl (C=O) groups is 3. The van der Waals surface area contributed by atoms with Crippen molar-refractivity contribution in [3.05, 3.63) is 63.7 Å². The number of benzene rings is 2. The molecule has 3 amide bonds. The molecule has 2 aliphatic heterocycles. The number of piperazine rings is 1. The van der Waals surface area contributed by atoms with Gasteiger partial charge in [-0.25, -0.2) is 0 Å². The first-order valence-electron chi connectivity index (χ1n) is 10.9. The van der Waals surface area contributed by atoms with Gasteiger partial charge in [-0.3, -0.25) is 19.3 Å². The molecule has 0 radical (unpaired) electrons. The Balaban J connectivity index is 1.19. The van der Waals surface area contributed by atoms with E-state index in [0.717, 1.165) is 34.5 Å². The minimum absolute atomic E-state index is 0.00906. The first kappa shape index (κ1) is 22.7. The van der Waals surface area contributed by atoms with E-state index in [1.807, 2.05) is 59.5 Å². The van der Waals surface area contributed by atoms with Gasteiger partial charge in [0.05, 0.1) is 11.5 Å². The highest BCUT2D eigenvalue weighted by molar-refractivity contribution is 14.1. The second kappa shape index (κ2) is 10.4. The van der Waals surface area contributed by atoms with Crippen molar-refractivity contribution in [2.75, 3.05) is 50.7 Å². The summed E-state index contributed by atoms with van der Waals surface area (Å²) >= 11 is 2.20. The molecule has 2 aromatic carbocycles. The van der Waals surface area contributed by atoms with Crippen molar-refractivity contribution in [1.82, 2.24) is 15.1 Å². The summed E-state index contributed by atoms with van der Waals surface area (Å²) in [5, 5.41) is 2.99. The summed E-state index contributed by atoms with van der Waals surface area (Å²) in [4.78, 5) is 43.5. The van der Waals surface area contributed by atoms with Crippen LogP contribution in [0.5, 0.6) is 0 Å². The van der Waals surface area contributed by atoms with Gasteiger partial charge in [-0.2, -0.15) is 0 Å². The van der Waals surface area contributed by atoms with Crippen LogP contribution in [-0.4, -0.2) is 73.3 Å². The van der Waals surface area contributed by atoms with Gasteiger partial charge in [0.25, 0.3) is 5.91 Å². The Kier molecular flexibility index (Phi) is 7.41. The Morgan fingerprint density at radius 3 is 2.38 bits per heavy atom. The third-order valence-corrected chi connectivity index (χ3v) is 7.00. The van der Waals surface area contributed by atoms with Crippen molar-refractivity contribution in [2.45, 2.75) is 6.42 Å². The van der Waals surface area contributed by atoms with Crippen LogP contribution in [0.4, 0.5) is 5.69 Å². The maximum atomic E-state index is 12.7. The summed E-state index contributed by atoms with van der Waals surface area (Å²) < 4.78 is 0.969. The van der Waals surface area contributed by atoms with Crippen LogP contribution in [-0.2, 0) is 9.59 Å². The molecule has 2 saturated heterocycles. The van der Waals surface area contributed by atoms with E-state index in [0.29, 0.717) is 26.2 Å². The van der Waals surface area contributed by atoms with E-state index >= 15 is 0 Å². The molecule has 168 valence electrons. The first-order chi connectivity index (χ1) is 15.5. The van der Waals surface area contributed by atoms with E-state index in [2.05, 4.69) is 32.8 Å². The van der Waals surface area contributed by atoms with Crippen LogP contribution in [0.25, 0.3) is 0 Å². The quantitative estimate of drug-likeness (QED) is 0.565. The Morgan fingerprint density at radius 2 is 1.66 bits per heavy atom. The Hall–Kier alpha value is -2.46. The highest BCUT2D eigenvalue weighted by Gasteiger charge is 2.35. The van der Waals surface area contributed by atoms with Crippen LogP contribution in [0.2, 0.25) is 0 Å². The van der Waals surface area contributed by atoms with Gasteiger partial charge in [0.1, 0.15) is 0 Å². The van der Waals surface area contributed by atoms with E-state index in [4.69, 9.17) is 0 Å². The third-order valence-electron chi connectivity index (χ3n) is 6.05. The average molecular weight is 546 g/mol. The molecule has 32 heavy (non-hydrogen) atoms. The molecule has 1 atom stereocenters. The number of rotatable bonds is 6. The number of hydrogen-bond donors (Lipinski definition) is 1. The molecule has 2 heterocycles. The molecule has 2 aliphatic rings. The fourth-order valence-electron chi connectivity index (χ4n) is 4.20. The molecule has 4 rings (SSSR count). The van der Waals surface area contributed by atoms with Gasteiger partial charge in [-0.1, -0.05) is 30.3 Å². The van der Waals surface area contributed by atoms with Crippen LogP contribution < -0.4 is 10.2 Å². The van der Waals surface area contributed by atoms with Gasteiger partial charge in [0.15, 0.2) is 0 Å². The Bertz CT molecular complexity index is 976. The number of carbonyl (C=O) groups excluding carboxylic acids is 3. The van der Waals surface area contributed by atoms with E-state index in [1.54, 1.807) is 4.90 Å². The van der Waals surface area contributed by atoms with Crippen molar-refractivity contribution in [2.24, 2.45) is 5.92 Å². The van der Waals surface area contributed by atoms with Gasteiger partial charge < -0.3 is 15.1 Å². The third kappa shape index (κ3) is 5.29. The Labute approximate surface area is 201 Å². The van der Waals surface area contributed by atoms with E-state index in [9.17, 15) is 14.4 Å². The molecule has 8 heteroatoms. The number of nitrogens with one attached hydrogen (secondary N) is 1. The van der Waals surface area contributed by atoms with Gasteiger partial charge in [-0.15, -0.1) is 0 Å². The second-order valence-corrected chi connectivity index (χ2v) is 9.31. The van der Waals surface area contributed by atoms with Crippen molar-refractivity contribution >= 4 is 46.0 Å². The monoisotopic (exact) mass is 546 g/mol. The van der Waals surface area contributed by atoms with Gasteiger partial charge >= 0.3 is 0 Å². The summed E-state index contributed by atoms with van der Waals surface area (Å²) in [6.45, 7) is 4.64. The van der Waals surface area contributed by atoms with Crippen molar-refractivity contribution in [3.63, 3.8) is 0 Å². The molecule has 7 nitrogen and oxygen atoms in total. The van der Waals surface area contributed by atoms with Gasteiger partial charge in [-0.05, 0) is 46.9 Å². The summed E-state index contributed by atoms with van der Waals surface area (Å²) in [7, 11) is 0. The first-order valence-corrected chi connectivity index (χ1v) is 12.0. The second-order valence-electron chi connectivity index (χ2n) is 8.15. The zero-order valence-electron chi connectivity index (χ0n) is 17.9. The molecule has 0 aliphatic carbocycles. The largest absolute Gasteiger partial charge is 0.355 e. The lowest BCUT2D eigenvalue weighted by atomic mass is 10.1. The SMILES string of the molecule is O=C(NCCN1CCN(C(=O)c2ccccc2I)CC1)C1CC(=O)N(c2ccccc2)C1. The number of amides is 3. The lowest BCUT2D eigenvalue weighted by Gasteiger charge is -2.35. The molecule has 0 spiro atoms. The van der Waals surface area contributed by atoms with Crippen LogP contribution in [0.3, 0.4) is 0 Å². The highest BCUT2D eigenvalue weighted by Crippen LogP contribution is 2.24. The molecule has 1 unspecified atom stereocenters. The summed E-state index contributed by atoms with van der Waals surface area (Å²) in [6.07, 6.45) is 0.250. The fraction of sp³-hybridized carbons (Fsp3) is 0.375. The number of para-hydroxylation sites is 1. The van der Waals surface area contributed by atoms with Gasteiger partial charge in [0, 0.05) is 61.5 Å². The topological polar surface area (TPSA) is 73.0 Å². The molecular weight excluding hydrogens is 519 g/mol. The number of nitrogens with zero attached hydrogens (tertiary/aromatic N) is 3. The maximum Gasteiger partial charge on any atom is 0.255 e. The maximum absolute atomic E-state index is 12.7. The van der Waals surface area contributed by atoms with Crippen molar-refractivity contribution in [1.29, 1.82) is 0 Å². The van der Waals surface area contributed by atoms with E-state index in [-0.39, 0.29) is 30.1 Å². The molecule has 1 N–H and O–H groups in total. The van der Waals surface area contributed by atoms with Gasteiger partial charge in [0.2, 0.25) is 11.8 Å². The minimum atomic E-state index is -0.314. The highest BCUT2D eigenvalue weighted by atomic mass is 127.